The van der Waals surface area contributed by atoms with Gasteiger partial charge >= 0.3 is 0 Å². The molecular formula is C17H26OS. The van der Waals surface area contributed by atoms with Crippen LogP contribution in [0.2, 0.25) is 0 Å². The van der Waals surface area contributed by atoms with Crippen LogP contribution in [0, 0.1) is 17.8 Å². The Hall–Kier alpha value is -0.110. The predicted octanol–water partition coefficient (Wildman–Crippen LogP) is 4.77. The van der Waals surface area contributed by atoms with Crippen molar-refractivity contribution >= 4 is 11.8 Å². The maximum absolute atomic E-state index is 5.98. The first-order chi connectivity index (χ1) is 9.42. The van der Waals surface area contributed by atoms with Crippen molar-refractivity contribution in [2.45, 2.75) is 68.3 Å². The molecule has 0 radical (unpaired) electrons. The minimum absolute atomic E-state index is 0.856. The maximum Gasteiger partial charge on any atom is 0.0912 e. The Balaban J connectivity index is 1.30. The van der Waals surface area contributed by atoms with Gasteiger partial charge in [-0.2, -0.15) is 11.8 Å². The highest BCUT2D eigenvalue weighted by Gasteiger charge is 2.54. The van der Waals surface area contributed by atoms with Crippen LogP contribution in [0.15, 0.2) is 11.8 Å². The quantitative estimate of drug-likeness (QED) is 0.688. The Morgan fingerprint density at radius 2 is 1.89 bits per heavy atom. The first-order valence-corrected chi connectivity index (χ1v) is 9.31. The molecule has 2 saturated heterocycles. The van der Waals surface area contributed by atoms with Crippen molar-refractivity contribution in [3.63, 3.8) is 0 Å². The molecule has 0 aromatic rings. The van der Waals surface area contributed by atoms with E-state index in [1.165, 1.54) is 57.8 Å². The molecule has 5 unspecified atom stereocenters. The fourth-order valence-electron chi connectivity index (χ4n) is 4.99. The number of allylic oxidation sites excluding steroid dienone is 1. The van der Waals surface area contributed by atoms with E-state index in [0.29, 0.717) is 0 Å². The molecule has 2 heterocycles. The van der Waals surface area contributed by atoms with Crippen LogP contribution in [0.3, 0.4) is 0 Å². The van der Waals surface area contributed by atoms with Crippen molar-refractivity contribution < 1.29 is 4.74 Å². The van der Waals surface area contributed by atoms with Crippen molar-refractivity contribution in [3.05, 3.63) is 11.8 Å². The molecule has 1 nitrogen and oxygen atoms in total. The molecule has 0 aromatic carbocycles. The third kappa shape index (κ3) is 2.34. The molecule has 106 valence electrons. The average Bonchev–Trinajstić information content (AvgIpc) is 3.12. The fourth-order valence-corrected chi connectivity index (χ4v) is 7.24. The molecule has 0 spiro atoms. The van der Waals surface area contributed by atoms with Crippen LogP contribution >= 0.6 is 11.8 Å². The first kappa shape index (κ1) is 12.6. The summed E-state index contributed by atoms with van der Waals surface area (Å²) in [5, 5.41) is 1.94. The summed E-state index contributed by atoms with van der Waals surface area (Å²) in [4.78, 5) is 0. The molecule has 4 fully saturated rings. The van der Waals surface area contributed by atoms with Gasteiger partial charge in [0.25, 0.3) is 0 Å². The summed E-state index contributed by atoms with van der Waals surface area (Å²) in [6, 6.07) is 0. The Labute approximate surface area is 121 Å². The van der Waals surface area contributed by atoms with Crippen molar-refractivity contribution in [1.82, 2.24) is 0 Å². The third-order valence-electron chi connectivity index (χ3n) is 5.91. The molecule has 2 aliphatic heterocycles. The van der Waals surface area contributed by atoms with Gasteiger partial charge in [0.2, 0.25) is 0 Å². The normalized spacial score (nSPS) is 44.4. The molecule has 5 atom stereocenters. The van der Waals surface area contributed by atoms with Gasteiger partial charge in [0.05, 0.1) is 12.9 Å². The van der Waals surface area contributed by atoms with Crippen LogP contribution in [0.1, 0.15) is 57.8 Å². The Morgan fingerprint density at radius 1 is 1.05 bits per heavy atom. The summed E-state index contributed by atoms with van der Waals surface area (Å²) >= 11 is 2.32. The van der Waals surface area contributed by atoms with Crippen LogP contribution < -0.4 is 0 Å². The summed E-state index contributed by atoms with van der Waals surface area (Å²) in [6.45, 7) is 1.00. The lowest BCUT2D eigenvalue weighted by Crippen LogP contribution is -2.31. The van der Waals surface area contributed by atoms with Crippen molar-refractivity contribution in [2.75, 3.05) is 6.61 Å². The number of ether oxygens (including phenoxy) is 1. The van der Waals surface area contributed by atoms with Gasteiger partial charge in [-0.3, -0.25) is 0 Å². The van der Waals surface area contributed by atoms with E-state index in [0.717, 1.165) is 34.9 Å². The van der Waals surface area contributed by atoms with Gasteiger partial charge in [-0.1, -0.05) is 12.8 Å². The topological polar surface area (TPSA) is 9.23 Å². The van der Waals surface area contributed by atoms with E-state index < -0.39 is 0 Å². The number of fused-ring (bicyclic) bond motifs is 5. The molecule has 19 heavy (non-hydrogen) atoms. The highest BCUT2D eigenvalue weighted by molar-refractivity contribution is 8.01. The van der Waals surface area contributed by atoms with Crippen LogP contribution in [-0.2, 0) is 4.74 Å². The van der Waals surface area contributed by atoms with Gasteiger partial charge in [0, 0.05) is 16.4 Å². The van der Waals surface area contributed by atoms with Crippen LogP contribution in [0.25, 0.3) is 0 Å². The van der Waals surface area contributed by atoms with E-state index in [1.54, 1.807) is 5.57 Å². The summed E-state index contributed by atoms with van der Waals surface area (Å²) in [5.74, 6) is 3.00. The predicted molar refractivity (Wildman–Crippen MR) is 81.2 cm³/mol. The zero-order valence-electron chi connectivity index (χ0n) is 11.9. The van der Waals surface area contributed by atoms with E-state index in [-0.39, 0.29) is 0 Å². The Morgan fingerprint density at radius 3 is 2.79 bits per heavy atom. The van der Waals surface area contributed by atoms with E-state index in [2.05, 4.69) is 18.0 Å². The monoisotopic (exact) mass is 278 g/mol. The van der Waals surface area contributed by atoms with Gasteiger partial charge in [-0.25, -0.2) is 0 Å². The lowest BCUT2D eigenvalue weighted by Gasteiger charge is -2.29. The number of rotatable bonds is 3. The van der Waals surface area contributed by atoms with Crippen LogP contribution in [-0.4, -0.2) is 17.1 Å². The summed E-state index contributed by atoms with van der Waals surface area (Å²) in [5.41, 5.74) is 1.57. The van der Waals surface area contributed by atoms with Crippen molar-refractivity contribution in [1.29, 1.82) is 0 Å². The lowest BCUT2D eigenvalue weighted by molar-refractivity contribution is 0.146. The van der Waals surface area contributed by atoms with E-state index in [9.17, 15) is 0 Å². The molecule has 0 amide bonds. The third-order valence-corrected chi connectivity index (χ3v) is 7.85. The molecule has 0 aromatic heterocycles. The van der Waals surface area contributed by atoms with Crippen molar-refractivity contribution in [2.24, 2.45) is 17.8 Å². The van der Waals surface area contributed by atoms with E-state index in [1.807, 2.05) is 0 Å². The van der Waals surface area contributed by atoms with Gasteiger partial charge in [-0.15, -0.1) is 0 Å². The van der Waals surface area contributed by atoms with E-state index >= 15 is 0 Å². The summed E-state index contributed by atoms with van der Waals surface area (Å²) in [6.07, 6.45) is 14.9. The Bertz CT molecular complexity index is 356. The fraction of sp³-hybridized carbons (Fsp3) is 0.882. The highest BCUT2D eigenvalue weighted by atomic mass is 32.2. The van der Waals surface area contributed by atoms with Gasteiger partial charge in [0.1, 0.15) is 0 Å². The van der Waals surface area contributed by atoms with Crippen LogP contribution in [0.4, 0.5) is 0 Å². The van der Waals surface area contributed by atoms with E-state index in [4.69, 9.17) is 4.74 Å². The summed E-state index contributed by atoms with van der Waals surface area (Å²) in [7, 11) is 0. The Kier molecular flexibility index (Phi) is 3.55. The number of hydrogen-bond acceptors (Lipinski definition) is 2. The average molecular weight is 278 g/mol. The molecule has 4 aliphatic rings. The minimum atomic E-state index is 0.856. The zero-order chi connectivity index (χ0) is 12.7. The maximum atomic E-state index is 5.98. The molecule has 0 N–H and O–H groups in total. The van der Waals surface area contributed by atoms with Gasteiger partial charge in [0.15, 0.2) is 0 Å². The molecular weight excluding hydrogens is 252 g/mol. The second kappa shape index (κ2) is 5.35. The largest absolute Gasteiger partial charge is 0.501 e. The van der Waals surface area contributed by atoms with Crippen LogP contribution in [0.5, 0.6) is 0 Å². The number of thioether (sulfide) groups is 1. The van der Waals surface area contributed by atoms with Gasteiger partial charge < -0.3 is 4.74 Å². The SMILES string of the molecule is C(OCC1CC2SC1C1CCCC21)=C1CCCCC1. The molecule has 2 aliphatic carbocycles. The highest BCUT2D eigenvalue weighted by Crippen LogP contribution is 2.61. The standard InChI is InChI=1S/C17H26OS/c1-2-5-12(6-3-1)10-18-11-13-9-16-14-7-4-8-15(14)17(13)19-16/h10,13-17H,1-9,11H2. The van der Waals surface area contributed by atoms with Crippen molar-refractivity contribution in [3.8, 4) is 0 Å². The molecule has 2 bridgehead atoms. The van der Waals surface area contributed by atoms with Gasteiger partial charge in [-0.05, 0) is 62.4 Å². The first-order valence-electron chi connectivity index (χ1n) is 8.37. The summed E-state index contributed by atoms with van der Waals surface area (Å²) < 4.78 is 5.98. The molecule has 2 saturated carbocycles. The molecule has 4 rings (SSSR count). The zero-order valence-corrected chi connectivity index (χ0v) is 12.7. The molecule has 2 heteroatoms. The second-order valence-corrected chi connectivity index (χ2v) is 8.49. The smallest absolute Gasteiger partial charge is 0.0912 e. The number of hydrogen-bond donors (Lipinski definition) is 0. The second-order valence-electron chi connectivity index (χ2n) is 7.06. The minimum Gasteiger partial charge on any atom is -0.501 e. The lowest BCUT2D eigenvalue weighted by atomic mass is 9.76.